The van der Waals surface area contributed by atoms with Crippen LogP contribution in [0.15, 0.2) is 42.5 Å². The van der Waals surface area contributed by atoms with E-state index in [-0.39, 0.29) is 11.5 Å². The van der Waals surface area contributed by atoms with Gasteiger partial charge in [0.25, 0.3) is 5.91 Å². The van der Waals surface area contributed by atoms with E-state index in [4.69, 9.17) is 23.2 Å². The minimum absolute atomic E-state index is 0.0939. The van der Waals surface area contributed by atoms with Crippen molar-refractivity contribution in [3.63, 3.8) is 0 Å². The SMILES string of the molecule is CC(=O)NS(=O)N1CCC(NC(=O)c2cc3c(Cl)c(Cl)ccc3n2C)(c2cccc(C(=O)O)c2)CC1. The number of hydrogen-bond donors (Lipinski definition) is 3. The van der Waals surface area contributed by atoms with Gasteiger partial charge >= 0.3 is 5.97 Å². The van der Waals surface area contributed by atoms with Crippen molar-refractivity contribution in [2.75, 3.05) is 13.1 Å². The summed E-state index contributed by atoms with van der Waals surface area (Å²) in [6.07, 6.45) is 0.674. The molecule has 1 aromatic heterocycles. The number of carbonyl (C=O) groups is 3. The number of nitrogens with zero attached hydrogens (tertiary/aromatic N) is 2. The van der Waals surface area contributed by atoms with Gasteiger partial charge in [-0.1, -0.05) is 35.3 Å². The summed E-state index contributed by atoms with van der Waals surface area (Å²) in [5, 5.41) is 14.0. The lowest BCUT2D eigenvalue weighted by atomic mass is 9.80. The van der Waals surface area contributed by atoms with Crippen molar-refractivity contribution in [3.8, 4) is 0 Å². The van der Waals surface area contributed by atoms with E-state index in [1.807, 2.05) is 0 Å². The maximum atomic E-state index is 13.6. The molecule has 2 amide bonds. The zero-order valence-electron chi connectivity index (χ0n) is 19.5. The second-order valence-corrected chi connectivity index (χ2v) is 10.6. The molecule has 190 valence electrons. The van der Waals surface area contributed by atoms with Crippen molar-refractivity contribution in [3.05, 3.63) is 69.3 Å². The monoisotopic (exact) mass is 550 g/mol. The van der Waals surface area contributed by atoms with Crippen LogP contribution in [0.5, 0.6) is 0 Å². The van der Waals surface area contributed by atoms with E-state index in [9.17, 15) is 23.7 Å². The number of carboxylic acid groups (broad SMARTS) is 1. The van der Waals surface area contributed by atoms with Crippen LogP contribution in [0.3, 0.4) is 0 Å². The van der Waals surface area contributed by atoms with Gasteiger partial charge in [-0.05, 0) is 48.7 Å². The quantitative estimate of drug-likeness (QED) is 0.432. The Balaban J connectivity index is 1.70. The van der Waals surface area contributed by atoms with Gasteiger partial charge < -0.3 is 15.0 Å². The highest BCUT2D eigenvalue weighted by Crippen LogP contribution is 2.36. The molecule has 2 aromatic carbocycles. The summed E-state index contributed by atoms with van der Waals surface area (Å²) in [4.78, 5) is 36.6. The van der Waals surface area contributed by atoms with Crippen LogP contribution in [0.1, 0.15) is 46.2 Å². The third-order valence-electron chi connectivity index (χ3n) is 6.40. The van der Waals surface area contributed by atoms with Crippen molar-refractivity contribution >= 4 is 63.1 Å². The van der Waals surface area contributed by atoms with Crippen LogP contribution in [0.25, 0.3) is 10.9 Å². The molecular weight excluding hydrogens is 527 g/mol. The van der Waals surface area contributed by atoms with Crippen LogP contribution in [-0.4, -0.2) is 49.1 Å². The van der Waals surface area contributed by atoms with Crippen LogP contribution in [0, 0.1) is 0 Å². The first-order chi connectivity index (χ1) is 17.0. The second-order valence-electron chi connectivity index (χ2n) is 8.64. The fourth-order valence-corrected chi connectivity index (χ4v) is 5.77. The van der Waals surface area contributed by atoms with Crippen LogP contribution >= 0.6 is 23.2 Å². The van der Waals surface area contributed by atoms with Gasteiger partial charge in [0.05, 0.1) is 21.1 Å². The van der Waals surface area contributed by atoms with Crippen LogP contribution in [-0.2, 0) is 28.6 Å². The molecule has 1 aliphatic heterocycles. The van der Waals surface area contributed by atoms with E-state index in [1.54, 1.807) is 52.3 Å². The third kappa shape index (κ3) is 4.99. The molecule has 4 rings (SSSR count). The van der Waals surface area contributed by atoms with Gasteiger partial charge in [-0.15, -0.1) is 0 Å². The molecule has 3 N–H and O–H groups in total. The molecule has 12 heteroatoms. The molecule has 0 aliphatic carbocycles. The maximum absolute atomic E-state index is 13.6. The Hall–Kier alpha value is -2.92. The normalized spacial score (nSPS) is 16.4. The molecule has 1 unspecified atom stereocenters. The molecule has 1 atom stereocenters. The number of carboxylic acids is 1. The summed E-state index contributed by atoms with van der Waals surface area (Å²) < 4.78 is 18.2. The fraction of sp³-hybridized carbons (Fsp3) is 0.292. The first-order valence-electron chi connectivity index (χ1n) is 11.1. The Labute approximate surface area is 220 Å². The van der Waals surface area contributed by atoms with E-state index in [0.29, 0.717) is 52.6 Å². The number of carbonyl (C=O) groups excluding carboxylic acids is 2. The highest BCUT2D eigenvalue weighted by molar-refractivity contribution is 7.81. The van der Waals surface area contributed by atoms with E-state index in [1.165, 1.54) is 13.0 Å². The Kier molecular flexibility index (Phi) is 7.42. The van der Waals surface area contributed by atoms with Crippen molar-refractivity contribution in [2.24, 2.45) is 7.05 Å². The largest absolute Gasteiger partial charge is 0.478 e. The molecule has 9 nitrogen and oxygen atoms in total. The summed E-state index contributed by atoms with van der Waals surface area (Å²) in [5.74, 6) is -1.87. The van der Waals surface area contributed by atoms with Gasteiger partial charge in [0.2, 0.25) is 5.91 Å². The van der Waals surface area contributed by atoms with Gasteiger partial charge in [0.1, 0.15) is 5.69 Å². The van der Waals surface area contributed by atoms with Crippen LogP contribution in [0.2, 0.25) is 10.0 Å². The predicted octanol–water partition coefficient (Wildman–Crippen LogP) is 3.62. The highest BCUT2D eigenvalue weighted by atomic mass is 35.5. The molecule has 0 radical (unpaired) electrons. The number of fused-ring (bicyclic) bond motifs is 1. The maximum Gasteiger partial charge on any atom is 0.335 e. The van der Waals surface area contributed by atoms with E-state index < -0.39 is 28.6 Å². The number of aromatic carboxylic acids is 1. The number of nitrogens with one attached hydrogen (secondary N) is 2. The Morgan fingerprint density at radius 2 is 1.78 bits per heavy atom. The van der Waals surface area contributed by atoms with Crippen molar-refractivity contribution in [2.45, 2.75) is 25.3 Å². The summed E-state index contributed by atoms with van der Waals surface area (Å²) in [6, 6.07) is 11.5. The molecule has 0 bridgehead atoms. The standard InChI is InChI=1S/C24H24Cl2N4O5S/c1-14(31)28-36(35)30-10-8-24(9-11-30,16-5-3-4-15(12-16)23(33)34)27-22(32)20-13-17-19(29(20)2)7-6-18(25)21(17)26/h3-7,12-13H,8-11H2,1-2H3,(H,27,32)(H,28,31)(H,33,34). The van der Waals surface area contributed by atoms with Crippen LogP contribution < -0.4 is 10.0 Å². The first-order valence-corrected chi connectivity index (χ1v) is 12.9. The molecule has 3 aromatic rings. The smallest absolute Gasteiger partial charge is 0.335 e. The molecule has 0 saturated carbocycles. The van der Waals surface area contributed by atoms with Crippen molar-refractivity contribution < 1.29 is 23.7 Å². The third-order valence-corrected chi connectivity index (χ3v) is 8.52. The van der Waals surface area contributed by atoms with Gasteiger partial charge in [-0.3, -0.25) is 14.3 Å². The van der Waals surface area contributed by atoms with Gasteiger partial charge in [-0.2, -0.15) is 0 Å². The number of piperidine rings is 1. The van der Waals surface area contributed by atoms with Crippen LogP contribution in [0.4, 0.5) is 0 Å². The van der Waals surface area contributed by atoms with Crippen molar-refractivity contribution in [1.82, 2.24) is 18.9 Å². The molecule has 2 heterocycles. The lowest BCUT2D eigenvalue weighted by Gasteiger charge is -2.42. The minimum Gasteiger partial charge on any atom is -0.478 e. The summed E-state index contributed by atoms with van der Waals surface area (Å²) >= 11 is 10.8. The zero-order chi connectivity index (χ0) is 26.2. The molecule has 36 heavy (non-hydrogen) atoms. The van der Waals surface area contributed by atoms with E-state index in [2.05, 4.69) is 10.0 Å². The molecule has 1 aliphatic rings. The van der Waals surface area contributed by atoms with Crippen molar-refractivity contribution in [1.29, 1.82) is 0 Å². The summed E-state index contributed by atoms with van der Waals surface area (Å²) in [7, 11) is 1.75. The number of aryl methyl sites for hydroxylation is 1. The topological polar surface area (TPSA) is 121 Å². The number of aromatic nitrogens is 1. The molecule has 1 saturated heterocycles. The summed E-state index contributed by atoms with van der Waals surface area (Å²) in [6.45, 7) is 1.87. The molecule has 1 fully saturated rings. The average molecular weight is 551 g/mol. The Bertz CT molecular complexity index is 1400. The van der Waals surface area contributed by atoms with Gasteiger partial charge in [-0.25, -0.2) is 13.3 Å². The second kappa shape index (κ2) is 10.2. The number of benzene rings is 2. The first kappa shape index (κ1) is 26.2. The minimum atomic E-state index is -1.71. The van der Waals surface area contributed by atoms with Gasteiger partial charge in [0, 0.05) is 38.0 Å². The molecule has 0 spiro atoms. The highest BCUT2D eigenvalue weighted by Gasteiger charge is 2.40. The lowest BCUT2D eigenvalue weighted by molar-refractivity contribution is -0.117. The fourth-order valence-electron chi connectivity index (χ4n) is 4.51. The van der Waals surface area contributed by atoms with E-state index in [0.717, 1.165) is 5.52 Å². The lowest BCUT2D eigenvalue weighted by Crippen LogP contribution is -2.54. The number of amides is 2. The predicted molar refractivity (Wildman–Crippen MR) is 138 cm³/mol. The number of halogens is 2. The summed E-state index contributed by atoms with van der Waals surface area (Å²) in [5.41, 5.74) is 0.873. The molecular formula is C24H24Cl2N4O5S. The zero-order valence-corrected chi connectivity index (χ0v) is 21.8. The Morgan fingerprint density at radius 3 is 2.42 bits per heavy atom. The number of rotatable bonds is 6. The average Bonchev–Trinajstić information content (AvgIpc) is 3.18. The number of hydrogen-bond acceptors (Lipinski definition) is 4. The van der Waals surface area contributed by atoms with E-state index >= 15 is 0 Å². The Morgan fingerprint density at radius 1 is 1.08 bits per heavy atom. The van der Waals surface area contributed by atoms with Gasteiger partial charge in [0.15, 0.2) is 11.2 Å².